The van der Waals surface area contributed by atoms with Crippen LogP contribution in [-0.2, 0) is 20.9 Å². The van der Waals surface area contributed by atoms with Crippen LogP contribution in [0.3, 0.4) is 0 Å². The Labute approximate surface area is 162 Å². The molecule has 1 heterocycles. The fourth-order valence-electron chi connectivity index (χ4n) is 2.97. The van der Waals surface area contributed by atoms with Gasteiger partial charge in [-0.2, -0.15) is 0 Å². The number of amides is 2. The fourth-order valence-corrected chi connectivity index (χ4v) is 2.97. The van der Waals surface area contributed by atoms with E-state index in [9.17, 15) is 19.5 Å². The number of rotatable bonds is 5. The monoisotopic (exact) mass is 380 g/mol. The summed E-state index contributed by atoms with van der Waals surface area (Å²) >= 11 is 0. The number of nitrogens with one attached hydrogen (secondary N) is 1. The van der Waals surface area contributed by atoms with Crippen LogP contribution in [0.4, 0.5) is 0 Å². The minimum atomic E-state index is -0.558. The molecule has 0 fully saturated rings. The van der Waals surface area contributed by atoms with Crippen molar-refractivity contribution in [3.05, 3.63) is 71.0 Å². The normalized spacial score (nSPS) is 13.6. The van der Waals surface area contributed by atoms with Gasteiger partial charge in [0.15, 0.2) is 5.76 Å². The van der Waals surface area contributed by atoms with E-state index < -0.39 is 23.5 Å². The van der Waals surface area contributed by atoms with Crippen LogP contribution in [0.5, 0.6) is 0 Å². The van der Waals surface area contributed by atoms with Gasteiger partial charge in [-0.3, -0.25) is 9.59 Å². The van der Waals surface area contributed by atoms with Crippen LogP contribution in [-0.4, -0.2) is 48.5 Å². The van der Waals surface area contributed by atoms with E-state index in [1.54, 1.807) is 18.2 Å². The Hall–Kier alpha value is -3.61. The molecule has 1 aliphatic heterocycles. The first-order chi connectivity index (χ1) is 13.4. The van der Waals surface area contributed by atoms with Gasteiger partial charge in [0, 0.05) is 13.6 Å². The van der Waals surface area contributed by atoms with Gasteiger partial charge in [-0.15, -0.1) is 0 Å². The van der Waals surface area contributed by atoms with Gasteiger partial charge < -0.3 is 20.1 Å². The lowest BCUT2D eigenvalue weighted by atomic mass is 10.0. The van der Waals surface area contributed by atoms with Crippen molar-refractivity contribution >= 4 is 17.8 Å². The molecule has 2 N–H and O–H groups in total. The van der Waals surface area contributed by atoms with Gasteiger partial charge >= 0.3 is 5.97 Å². The summed E-state index contributed by atoms with van der Waals surface area (Å²) in [4.78, 5) is 36.9. The maximum Gasteiger partial charge on any atom is 0.337 e. The number of nitrogens with zero attached hydrogens (tertiary/aromatic N) is 1. The summed E-state index contributed by atoms with van der Waals surface area (Å²) in [5.74, 6) is -1.95. The van der Waals surface area contributed by atoms with E-state index in [0.29, 0.717) is 5.56 Å². The lowest BCUT2D eigenvalue weighted by Crippen LogP contribution is -2.27. The maximum atomic E-state index is 12.3. The summed E-state index contributed by atoms with van der Waals surface area (Å²) in [6, 6.07) is 14.6. The van der Waals surface area contributed by atoms with Crippen LogP contribution in [0.2, 0.25) is 0 Å². The first kappa shape index (κ1) is 19.2. The Morgan fingerprint density at radius 3 is 2.46 bits per heavy atom. The zero-order chi connectivity index (χ0) is 20.3. The number of aliphatic hydroxyl groups excluding tert-OH is 1. The number of methoxy groups -OCH3 is 1. The number of carbonyl (C=O) groups is 3. The molecule has 3 rings (SSSR count). The minimum absolute atomic E-state index is 0.0643. The zero-order valence-electron chi connectivity index (χ0n) is 15.6. The van der Waals surface area contributed by atoms with Gasteiger partial charge in [0.05, 0.1) is 24.8 Å². The lowest BCUT2D eigenvalue weighted by molar-refractivity contribution is -0.126. The summed E-state index contributed by atoms with van der Waals surface area (Å²) in [5, 5.41) is 12.5. The first-order valence-corrected chi connectivity index (χ1v) is 8.64. The summed E-state index contributed by atoms with van der Waals surface area (Å²) in [7, 11) is 2.85. The number of aliphatic hydroxyl groups is 1. The van der Waals surface area contributed by atoms with Crippen molar-refractivity contribution in [2.24, 2.45) is 0 Å². The maximum absolute atomic E-state index is 12.3. The SMILES string of the molecule is COC(=O)c1cccc(-c2cccc(CNC(=O)C3=C(O)C(=O)N(C)C3)c2)c1. The van der Waals surface area contributed by atoms with Crippen LogP contribution in [0.1, 0.15) is 15.9 Å². The molecular weight excluding hydrogens is 360 g/mol. The Morgan fingerprint density at radius 1 is 1.14 bits per heavy atom. The second-order valence-corrected chi connectivity index (χ2v) is 6.44. The number of carbonyl (C=O) groups excluding carboxylic acids is 3. The molecule has 0 atom stereocenters. The number of likely N-dealkylation sites (N-methyl/N-ethyl adjacent to an activating group) is 1. The summed E-state index contributed by atoms with van der Waals surface area (Å²) in [6.07, 6.45) is 0. The van der Waals surface area contributed by atoms with Gasteiger partial charge in [-0.05, 0) is 34.9 Å². The number of hydrogen-bond acceptors (Lipinski definition) is 5. The lowest BCUT2D eigenvalue weighted by Gasteiger charge is -2.10. The van der Waals surface area contributed by atoms with E-state index in [2.05, 4.69) is 5.32 Å². The van der Waals surface area contributed by atoms with E-state index >= 15 is 0 Å². The Bertz CT molecular complexity index is 980. The Morgan fingerprint density at radius 2 is 1.82 bits per heavy atom. The van der Waals surface area contributed by atoms with Crippen molar-refractivity contribution in [2.75, 3.05) is 20.7 Å². The van der Waals surface area contributed by atoms with Crippen LogP contribution in [0, 0.1) is 0 Å². The largest absolute Gasteiger partial charge is 0.503 e. The molecule has 0 unspecified atom stereocenters. The Balaban J connectivity index is 1.73. The van der Waals surface area contributed by atoms with E-state index in [1.807, 2.05) is 30.3 Å². The molecule has 0 bridgehead atoms. The van der Waals surface area contributed by atoms with Crippen LogP contribution in [0.15, 0.2) is 59.9 Å². The smallest absolute Gasteiger partial charge is 0.337 e. The average molecular weight is 380 g/mol. The molecule has 7 heteroatoms. The predicted molar refractivity (Wildman–Crippen MR) is 102 cm³/mol. The zero-order valence-corrected chi connectivity index (χ0v) is 15.6. The molecule has 1 aliphatic rings. The van der Waals surface area contributed by atoms with Gasteiger partial charge in [0.1, 0.15) is 0 Å². The highest BCUT2D eigenvalue weighted by molar-refractivity contribution is 6.06. The summed E-state index contributed by atoms with van der Waals surface area (Å²) in [6.45, 7) is 0.314. The molecule has 28 heavy (non-hydrogen) atoms. The van der Waals surface area contributed by atoms with E-state index in [1.165, 1.54) is 19.1 Å². The molecule has 0 aliphatic carbocycles. The number of hydrogen-bond donors (Lipinski definition) is 2. The molecule has 2 aromatic rings. The highest BCUT2D eigenvalue weighted by atomic mass is 16.5. The third kappa shape index (κ3) is 3.88. The molecule has 0 spiro atoms. The Kier molecular flexibility index (Phi) is 5.44. The molecular formula is C21H20N2O5. The second-order valence-electron chi connectivity index (χ2n) is 6.44. The standard InChI is InChI=1S/C21H20N2O5/c1-23-12-17(18(24)20(23)26)19(25)22-11-13-5-3-6-14(9-13)15-7-4-8-16(10-15)21(27)28-2/h3-10,24H,11-12H2,1-2H3,(H,22,25). The summed E-state index contributed by atoms with van der Waals surface area (Å²) in [5.41, 5.74) is 3.09. The van der Waals surface area contributed by atoms with E-state index in [-0.39, 0.29) is 18.7 Å². The van der Waals surface area contributed by atoms with Gasteiger partial charge in [-0.25, -0.2) is 4.79 Å². The molecule has 7 nitrogen and oxygen atoms in total. The van der Waals surface area contributed by atoms with Crippen molar-refractivity contribution in [3.8, 4) is 11.1 Å². The fraction of sp³-hybridized carbons (Fsp3) is 0.190. The van der Waals surface area contributed by atoms with Crippen molar-refractivity contribution in [3.63, 3.8) is 0 Å². The van der Waals surface area contributed by atoms with Gasteiger partial charge in [0.2, 0.25) is 0 Å². The quantitative estimate of drug-likeness (QED) is 0.774. The third-order valence-electron chi connectivity index (χ3n) is 4.50. The first-order valence-electron chi connectivity index (χ1n) is 8.64. The van der Waals surface area contributed by atoms with Crippen LogP contribution in [0.25, 0.3) is 11.1 Å². The number of benzene rings is 2. The minimum Gasteiger partial charge on any atom is -0.503 e. The molecule has 0 saturated carbocycles. The van der Waals surface area contributed by atoms with E-state index in [4.69, 9.17) is 4.74 Å². The molecule has 2 amide bonds. The molecule has 0 radical (unpaired) electrons. The van der Waals surface area contributed by atoms with Gasteiger partial charge in [0.25, 0.3) is 11.8 Å². The molecule has 0 aromatic heterocycles. The van der Waals surface area contributed by atoms with Crippen molar-refractivity contribution in [1.82, 2.24) is 10.2 Å². The van der Waals surface area contributed by atoms with E-state index in [0.717, 1.165) is 16.7 Å². The summed E-state index contributed by atoms with van der Waals surface area (Å²) < 4.78 is 4.75. The van der Waals surface area contributed by atoms with Crippen molar-refractivity contribution in [1.29, 1.82) is 0 Å². The second kappa shape index (κ2) is 7.96. The topological polar surface area (TPSA) is 95.9 Å². The average Bonchev–Trinajstić information content (AvgIpc) is 2.99. The van der Waals surface area contributed by atoms with Crippen LogP contribution >= 0.6 is 0 Å². The van der Waals surface area contributed by atoms with Crippen molar-refractivity contribution in [2.45, 2.75) is 6.54 Å². The predicted octanol–water partition coefficient (Wildman–Crippen LogP) is 2.04. The molecule has 2 aromatic carbocycles. The van der Waals surface area contributed by atoms with Crippen molar-refractivity contribution < 1.29 is 24.2 Å². The van der Waals surface area contributed by atoms with Crippen LogP contribution < -0.4 is 5.32 Å². The van der Waals surface area contributed by atoms with Gasteiger partial charge in [-0.1, -0.05) is 30.3 Å². The number of esters is 1. The third-order valence-corrected chi connectivity index (χ3v) is 4.50. The number of ether oxygens (including phenoxy) is 1. The highest BCUT2D eigenvalue weighted by Crippen LogP contribution is 2.22. The highest BCUT2D eigenvalue weighted by Gasteiger charge is 2.31. The molecule has 144 valence electrons. The molecule has 0 saturated heterocycles.